The Morgan fingerprint density at radius 3 is 2.62 bits per heavy atom. The van der Waals surface area contributed by atoms with Crippen molar-refractivity contribution in [3.8, 4) is 0 Å². The van der Waals surface area contributed by atoms with Crippen LogP contribution in [-0.4, -0.2) is 21.0 Å². The van der Waals surface area contributed by atoms with Crippen LogP contribution in [0.3, 0.4) is 0 Å². The molecule has 0 atom stereocenters. The third-order valence-electron chi connectivity index (χ3n) is 3.41. The van der Waals surface area contributed by atoms with E-state index in [2.05, 4.69) is 20.6 Å². The summed E-state index contributed by atoms with van der Waals surface area (Å²) in [7, 11) is 0. The minimum Gasteiger partial charge on any atom is -0.478 e. The number of carboxylic acids is 1. The number of benzene rings is 2. The maximum absolute atomic E-state index is 11.1. The zero-order chi connectivity index (χ0) is 18.7. The van der Waals surface area contributed by atoms with Gasteiger partial charge >= 0.3 is 5.97 Å². The topological polar surface area (TPSA) is 87.1 Å². The molecule has 6 nitrogen and oxygen atoms in total. The minimum atomic E-state index is -0.995. The van der Waals surface area contributed by atoms with Crippen molar-refractivity contribution in [3.05, 3.63) is 69.8 Å². The second-order valence-corrected chi connectivity index (χ2v) is 6.32. The van der Waals surface area contributed by atoms with Crippen molar-refractivity contribution in [1.29, 1.82) is 0 Å². The van der Waals surface area contributed by atoms with Crippen LogP contribution in [0, 0.1) is 6.92 Å². The second kappa shape index (κ2) is 7.59. The molecule has 3 N–H and O–H groups in total. The van der Waals surface area contributed by atoms with Crippen LogP contribution in [0.25, 0.3) is 0 Å². The van der Waals surface area contributed by atoms with Crippen molar-refractivity contribution in [2.45, 2.75) is 6.92 Å². The van der Waals surface area contributed by atoms with Crippen molar-refractivity contribution in [2.75, 3.05) is 10.6 Å². The van der Waals surface area contributed by atoms with E-state index in [9.17, 15) is 4.79 Å². The molecule has 0 saturated heterocycles. The molecule has 0 radical (unpaired) electrons. The Morgan fingerprint density at radius 2 is 1.85 bits per heavy atom. The highest BCUT2D eigenvalue weighted by Crippen LogP contribution is 2.28. The number of nitrogens with one attached hydrogen (secondary N) is 2. The number of hydrogen-bond acceptors (Lipinski definition) is 5. The fraction of sp³-hybridized carbons (Fsp3) is 0.0556. The molecule has 26 heavy (non-hydrogen) atoms. The SMILES string of the molecule is Cc1cc(Nc2cccc(C(=O)O)c2)nc(Nc2cc(Cl)ccc2Cl)n1. The molecule has 0 aliphatic carbocycles. The van der Waals surface area contributed by atoms with Crippen molar-refractivity contribution in [1.82, 2.24) is 9.97 Å². The fourth-order valence-electron chi connectivity index (χ4n) is 2.28. The van der Waals surface area contributed by atoms with Gasteiger partial charge < -0.3 is 15.7 Å². The lowest BCUT2D eigenvalue weighted by Crippen LogP contribution is -2.03. The fourth-order valence-corrected chi connectivity index (χ4v) is 2.62. The number of aromatic nitrogens is 2. The first-order valence-corrected chi connectivity index (χ1v) is 8.34. The molecule has 0 amide bonds. The molecule has 0 aliphatic heterocycles. The van der Waals surface area contributed by atoms with E-state index in [-0.39, 0.29) is 5.56 Å². The summed E-state index contributed by atoms with van der Waals surface area (Å²) in [5.74, 6) is -0.141. The van der Waals surface area contributed by atoms with Gasteiger partial charge in [-0.3, -0.25) is 0 Å². The van der Waals surface area contributed by atoms with Gasteiger partial charge in [0, 0.05) is 22.5 Å². The van der Waals surface area contributed by atoms with Crippen molar-refractivity contribution < 1.29 is 9.90 Å². The lowest BCUT2D eigenvalue weighted by Gasteiger charge is -2.11. The van der Waals surface area contributed by atoms with Crippen molar-refractivity contribution in [3.63, 3.8) is 0 Å². The zero-order valence-electron chi connectivity index (χ0n) is 13.6. The van der Waals surface area contributed by atoms with E-state index in [0.29, 0.717) is 33.2 Å². The van der Waals surface area contributed by atoms with Crippen LogP contribution >= 0.6 is 23.2 Å². The van der Waals surface area contributed by atoms with E-state index in [1.54, 1.807) is 36.4 Å². The Hall–Kier alpha value is -2.83. The van der Waals surface area contributed by atoms with Crippen LogP contribution in [0.1, 0.15) is 16.1 Å². The molecular weight excluding hydrogens is 375 g/mol. The Kier molecular flexibility index (Phi) is 5.25. The molecular formula is C18H14Cl2N4O2. The quantitative estimate of drug-likeness (QED) is 0.551. The molecule has 3 rings (SSSR count). The summed E-state index contributed by atoms with van der Waals surface area (Å²) in [6.45, 7) is 1.82. The van der Waals surface area contributed by atoms with Crippen LogP contribution in [0.15, 0.2) is 48.5 Å². The minimum absolute atomic E-state index is 0.185. The Balaban J connectivity index is 1.87. The van der Waals surface area contributed by atoms with Gasteiger partial charge in [-0.15, -0.1) is 0 Å². The number of hydrogen-bond donors (Lipinski definition) is 3. The molecule has 0 bridgehead atoms. The van der Waals surface area contributed by atoms with Gasteiger partial charge in [0.05, 0.1) is 16.3 Å². The van der Waals surface area contributed by atoms with Crippen LogP contribution in [-0.2, 0) is 0 Å². The largest absolute Gasteiger partial charge is 0.478 e. The number of nitrogens with zero attached hydrogens (tertiary/aromatic N) is 2. The third-order valence-corrected chi connectivity index (χ3v) is 3.98. The van der Waals surface area contributed by atoms with Crippen LogP contribution < -0.4 is 10.6 Å². The van der Waals surface area contributed by atoms with Gasteiger partial charge in [-0.05, 0) is 43.3 Å². The number of halogens is 2. The maximum Gasteiger partial charge on any atom is 0.335 e. The van der Waals surface area contributed by atoms with E-state index in [1.807, 2.05) is 6.92 Å². The van der Waals surface area contributed by atoms with E-state index in [0.717, 1.165) is 5.69 Å². The molecule has 0 aliphatic rings. The lowest BCUT2D eigenvalue weighted by molar-refractivity contribution is 0.0697. The summed E-state index contributed by atoms with van der Waals surface area (Å²) in [4.78, 5) is 19.8. The Labute approximate surface area is 159 Å². The van der Waals surface area contributed by atoms with Crippen molar-refractivity contribution >= 4 is 52.3 Å². The molecule has 1 heterocycles. The number of aryl methyl sites for hydroxylation is 1. The molecule has 2 aromatic carbocycles. The maximum atomic E-state index is 11.1. The van der Waals surface area contributed by atoms with Gasteiger partial charge in [-0.25, -0.2) is 9.78 Å². The van der Waals surface area contributed by atoms with Gasteiger partial charge in [0.15, 0.2) is 0 Å². The summed E-state index contributed by atoms with van der Waals surface area (Å²) >= 11 is 12.1. The van der Waals surface area contributed by atoms with Gasteiger partial charge in [0.2, 0.25) is 5.95 Å². The van der Waals surface area contributed by atoms with Crippen molar-refractivity contribution in [2.24, 2.45) is 0 Å². The lowest BCUT2D eigenvalue weighted by atomic mass is 10.2. The Morgan fingerprint density at radius 1 is 1.04 bits per heavy atom. The molecule has 132 valence electrons. The van der Waals surface area contributed by atoms with Gasteiger partial charge in [-0.1, -0.05) is 29.3 Å². The average molecular weight is 389 g/mol. The Bertz CT molecular complexity index is 979. The highest BCUT2D eigenvalue weighted by Gasteiger charge is 2.08. The molecule has 0 unspecified atom stereocenters. The van der Waals surface area contributed by atoms with E-state index < -0.39 is 5.97 Å². The summed E-state index contributed by atoms with van der Waals surface area (Å²) in [5.41, 5.74) is 2.10. The number of aromatic carboxylic acids is 1. The van der Waals surface area contributed by atoms with E-state index in [4.69, 9.17) is 28.3 Å². The summed E-state index contributed by atoms with van der Waals surface area (Å²) in [6, 6.07) is 13.3. The first-order valence-electron chi connectivity index (χ1n) is 7.59. The number of carbonyl (C=O) groups is 1. The van der Waals surface area contributed by atoms with Gasteiger partial charge in [0.25, 0.3) is 0 Å². The molecule has 0 saturated carbocycles. The summed E-state index contributed by atoms with van der Waals surface area (Å²) < 4.78 is 0. The monoisotopic (exact) mass is 388 g/mol. The first kappa shape index (κ1) is 18.0. The molecule has 0 fully saturated rings. The van der Waals surface area contributed by atoms with Gasteiger partial charge in [-0.2, -0.15) is 4.98 Å². The van der Waals surface area contributed by atoms with Crippen LogP contribution in [0.2, 0.25) is 10.0 Å². The predicted molar refractivity (Wildman–Crippen MR) is 103 cm³/mol. The molecule has 3 aromatic rings. The predicted octanol–water partition coefficient (Wildman–Crippen LogP) is 5.28. The van der Waals surface area contributed by atoms with Crippen LogP contribution in [0.5, 0.6) is 0 Å². The smallest absolute Gasteiger partial charge is 0.335 e. The summed E-state index contributed by atoms with van der Waals surface area (Å²) in [5, 5.41) is 16.2. The normalized spacial score (nSPS) is 10.4. The highest BCUT2D eigenvalue weighted by molar-refractivity contribution is 6.35. The standard InChI is InChI=1S/C18H14Cl2N4O2/c1-10-7-16(22-13-4-2-3-11(8-13)17(25)26)24-18(21-10)23-15-9-12(19)5-6-14(15)20/h2-9H,1H3,(H,25,26)(H2,21,22,23,24). The van der Waals surface area contributed by atoms with E-state index >= 15 is 0 Å². The number of carboxylic acid groups (broad SMARTS) is 1. The highest BCUT2D eigenvalue weighted by atomic mass is 35.5. The second-order valence-electron chi connectivity index (χ2n) is 5.48. The van der Waals surface area contributed by atoms with E-state index in [1.165, 1.54) is 12.1 Å². The van der Waals surface area contributed by atoms with Crippen LogP contribution in [0.4, 0.5) is 23.1 Å². The number of rotatable bonds is 5. The first-order chi connectivity index (χ1) is 12.4. The molecule has 8 heteroatoms. The summed E-state index contributed by atoms with van der Waals surface area (Å²) in [6.07, 6.45) is 0. The average Bonchev–Trinajstić information content (AvgIpc) is 2.58. The van der Waals surface area contributed by atoms with Gasteiger partial charge in [0.1, 0.15) is 5.82 Å². The third kappa shape index (κ3) is 4.41. The number of anilines is 4. The molecule has 0 spiro atoms. The molecule has 1 aromatic heterocycles. The zero-order valence-corrected chi connectivity index (χ0v) is 15.1.